The molecule has 1 aromatic rings. The number of carbonyl (C=O) groups excluding carboxylic acids is 2. The molecule has 26 heavy (non-hydrogen) atoms. The quantitative estimate of drug-likeness (QED) is 0.808. The molecule has 0 N–H and O–H groups in total. The summed E-state index contributed by atoms with van der Waals surface area (Å²) in [7, 11) is 0. The van der Waals surface area contributed by atoms with Crippen LogP contribution in [0, 0.1) is 0 Å². The van der Waals surface area contributed by atoms with Crippen LogP contribution in [0.3, 0.4) is 0 Å². The summed E-state index contributed by atoms with van der Waals surface area (Å²) in [5.41, 5.74) is -0.0233. The van der Waals surface area contributed by atoms with Crippen molar-refractivity contribution in [2.24, 2.45) is 0 Å². The molecule has 1 aromatic heterocycles. The molecule has 0 radical (unpaired) electrons. The van der Waals surface area contributed by atoms with Crippen LogP contribution in [0.4, 0.5) is 4.79 Å². The smallest absolute Gasteiger partial charge is 0.410 e. The minimum atomic E-state index is -0.501. The second-order valence-electron chi connectivity index (χ2n) is 8.01. The lowest BCUT2D eigenvalue weighted by atomic mass is 9.89. The molecule has 3 rings (SSSR count). The zero-order valence-electron chi connectivity index (χ0n) is 15.7. The Morgan fingerprint density at radius 3 is 2.65 bits per heavy atom. The van der Waals surface area contributed by atoms with Crippen molar-refractivity contribution in [3.63, 3.8) is 0 Å². The number of piperidine rings is 1. The molecule has 2 amide bonds. The van der Waals surface area contributed by atoms with E-state index in [9.17, 15) is 9.59 Å². The first-order valence-electron chi connectivity index (χ1n) is 9.06. The Kier molecular flexibility index (Phi) is 5.18. The Labute approximate surface area is 154 Å². The van der Waals surface area contributed by atoms with Gasteiger partial charge in [-0.15, -0.1) is 0 Å². The highest BCUT2D eigenvalue weighted by Gasteiger charge is 2.43. The minimum absolute atomic E-state index is 0.0177. The molecule has 0 unspecified atom stereocenters. The van der Waals surface area contributed by atoms with Crippen molar-refractivity contribution in [2.45, 2.75) is 51.4 Å². The first kappa shape index (κ1) is 18.6. The lowest BCUT2D eigenvalue weighted by molar-refractivity contribution is -0.172. The highest BCUT2D eigenvalue weighted by Crippen LogP contribution is 2.31. The standard InChI is InChI=1S/C19H27N3O4/c1-18(2,3)26-17(24)21-10-7-19(8-11-21)14-22(16(23)13-25-19)12-15-6-4-5-9-20-15/h4-6,9H,7-8,10-14H2,1-3H3. The normalized spacial score (nSPS) is 20.3. The number of morpholine rings is 1. The SMILES string of the molecule is CC(C)(C)OC(=O)N1CCC2(CC1)CN(Cc1ccccn1)C(=O)CO2. The molecule has 2 aliphatic rings. The molecule has 1 spiro atoms. The van der Waals surface area contributed by atoms with E-state index in [2.05, 4.69) is 4.98 Å². The molecule has 142 valence electrons. The van der Waals surface area contributed by atoms with Gasteiger partial charge in [-0.3, -0.25) is 9.78 Å². The lowest BCUT2D eigenvalue weighted by Crippen LogP contribution is -2.59. The van der Waals surface area contributed by atoms with Gasteiger partial charge in [-0.2, -0.15) is 0 Å². The molecule has 0 bridgehead atoms. The van der Waals surface area contributed by atoms with Crippen LogP contribution in [-0.4, -0.2) is 64.2 Å². The van der Waals surface area contributed by atoms with Crippen LogP contribution in [0.15, 0.2) is 24.4 Å². The van der Waals surface area contributed by atoms with Crippen molar-refractivity contribution >= 4 is 12.0 Å². The van der Waals surface area contributed by atoms with E-state index < -0.39 is 5.60 Å². The van der Waals surface area contributed by atoms with E-state index in [1.54, 1.807) is 11.1 Å². The van der Waals surface area contributed by atoms with E-state index in [0.717, 1.165) is 5.69 Å². The lowest BCUT2D eigenvalue weighted by Gasteiger charge is -2.46. The molecule has 0 aliphatic carbocycles. The molecule has 2 fully saturated rings. The van der Waals surface area contributed by atoms with Crippen molar-refractivity contribution < 1.29 is 19.1 Å². The summed E-state index contributed by atoms with van der Waals surface area (Å²) in [6.07, 6.45) is 2.83. The van der Waals surface area contributed by atoms with Gasteiger partial charge in [0, 0.05) is 19.3 Å². The molecule has 7 nitrogen and oxygen atoms in total. The third kappa shape index (κ3) is 4.52. The molecular weight excluding hydrogens is 334 g/mol. The molecule has 7 heteroatoms. The number of pyridine rings is 1. The number of amides is 2. The van der Waals surface area contributed by atoms with Crippen LogP contribution < -0.4 is 0 Å². The fourth-order valence-electron chi connectivity index (χ4n) is 3.34. The van der Waals surface area contributed by atoms with Gasteiger partial charge in [-0.1, -0.05) is 6.07 Å². The summed E-state index contributed by atoms with van der Waals surface area (Å²) in [5.74, 6) is -0.0177. The zero-order valence-corrected chi connectivity index (χ0v) is 15.7. The van der Waals surface area contributed by atoms with Gasteiger partial charge in [0.05, 0.1) is 24.4 Å². The van der Waals surface area contributed by atoms with E-state index in [1.807, 2.05) is 43.9 Å². The third-order valence-corrected chi connectivity index (χ3v) is 4.74. The average Bonchev–Trinajstić information content (AvgIpc) is 2.58. The minimum Gasteiger partial charge on any atom is -0.444 e. The number of ether oxygens (including phenoxy) is 2. The van der Waals surface area contributed by atoms with Crippen LogP contribution in [0.5, 0.6) is 0 Å². The van der Waals surface area contributed by atoms with Gasteiger partial charge in [0.15, 0.2) is 0 Å². The molecular formula is C19H27N3O4. The van der Waals surface area contributed by atoms with E-state index in [1.165, 1.54) is 0 Å². The number of nitrogens with zero attached hydrogens (tertiary/aromatic N) is 3. The highest BCUT2D eigenvalue weighted by molar-refractivity contribution is 5.78. The van der Waals surface area contributed by atoms with Gasteiger partial charge in [0.2, 0.25) is 5.91 Å². The molecule has 3 heterocycles. The number of likely N-dealkylation sites (tertiary alicyclic amines) is 1. The van der Waals surface area contributed by atoms with Crippen LogP contribution in [0.1, 0.15) is 39.3 Å². The maximum Gasteiger partial charge on any atom is 0.410 e. The summed E-state index contributed by atoms with van der Waals surface area (Å²) in [4.78, 5) is 32.3. The first-order valence-corrected chi connectivity index (χ1v) is 9.06. The van der Waals surface area contributed by atoms with Gasteiger partial charge in [0.25, 0.3) is 0 Å². The second kappa shape index (κ2) is 7.23. The second-order valence-corrected chi connectivity index (χ2v) is 8.01. The maximum absolute atomic E-state index is 12.2. The van der Waals surface area contributed by atoms with Crippen molar-refractivity contribution in [2.75, 3.05) is 26.2 Å². The number of rotatable bonds is 2. The molecule has 2 aliphatic heterocycles. The Morgan fingerprint density at radius 1 is 1.31 bits per heavy atom. The summed E-state index contributed by atoms with van der Waals surface area (Å²) in [5, 5.41) is 0. The van der Waals surface area contributed by atoms with Crippen molar-refractivity contribution in [3.8, 4) is 0 Å². The molecule has 0 saturated carbocycles. The van der Waals surface area contributed by atoms with Crippen LogP contribution in [0.2, 0.25) is 0 Å². The van der Waals surface area contributed by atoms with E-state index in [4.69, 9.17) is 9.47 Å². The Morgan fingerprint density at radius 2 is 2.04 bits per heavy atom. The van der Waals surface area contributed by atoms with Crippen LogP contribution in [0.25, 0.3) is 0 Å². The van der Waals surface area contributed by atoms with Crippen LogP contribution in [-0.2, 0) is 20.8 Å². The maximum atomic E-state index is 12.2. The molecule has 2 saturated heterocycles. The number of aromatic nitrogens is 1. The fourth-order valence-corrected chi connectivity index (χ4v) is 3.34. The fraction of sp³-hybridized carbons (Fsp3) is 0.632. The van der Waals surface area contributed by atoms with Gasteiger partial charge in [-0.05, 0) is 45.7 Å². The number of hydrogen-bond acceptors (Lipinski definition) is 5. The Hall–Kier alpha value is -2.15. The van der Waals surface area contributed by atoms with E-state index in [0.29, 0.717) is 39.0 Å². The van der Waals surface area contributed by atoms with Gasteiger partial charge >= 0.3 is 6.09 Å². The molecule has 0 atom stereocenters. The summed E-state index contributed by atoms with van der Waals surface area (Å²) >= 11 is 0. The zero-order chi connectivity index (χ0) is 18.8. The van der Waals surface area contributed by atoms with Gasteiger partial charge in [-0.25, -0.2) is 4.79 Å². The number of carbonyl (C=O) groups is 2. The summed E-state index contributed by atoms with van der Waals surface area (Å²) < 4.78 is 11.4. The topological polar surface area (TPSA) is 72.0 Å². The van der Waals surface area contributed by atoms with E-state index in [-0.39, 0.29) is 24.2 Å². The van der Waals surface area contributed by atoms with Crippen molar-refractivity contribution in [3.05, 3.63) is 30.1 Å². The monoisotopic (exact) mass is 361 g/mol. The van der Waals surface area contributed by atoms with Gasteiger partial charge < -0.3 is 19.3 Å². The summed E-state index contributed by atoms with van der Waals surface area (Å²) in [6, 6.07) is 5.70. The predicted molar refractivity (Wildman–Crippen MR) is 95.4 cm³/mol. The van der Waals surface area contributed by atoms with Crippen LogP contribution >= 0.6 is 0 Å². The summed E-state index contributed by atoms with van der Waals surface area (Å²) in [6.45, 7) is 7.83. The van der Waals surface area contributed by atoms with Crippen molar-refractivity contribution in [1.82, 2.24) is 14.8 Å². The largest absolute Gasteiger partial charge is 0.444 e. The van der Waals surface area contributed by atoms with Gasteiger partial charge in [0.1, 0.15) is 12.2 Å². The first-order chi connectivity index (χ1) is 12.3. The van der Waals surface area contributed by atoms with E-state index >= 15 is 0 Å². The van der Waals surface area contributed by atoms with Crippen molar-refractivity contribution in [1.29, 1.82) is 0 Å². The number of hydrogen-bond donors (Lipinski definition) is 0. The Balaban J connectivity index is 1.59. The molecule has 0 aromatic carbocycles. The highest BCUT2D eigenvalue weighted by atomic mass is 16.6. The predicted octanol–water partition coefficient (Wildman–Crippen LogP) is 2.21. The average molecular weight is 361 g/mol. The Bertz CT molecular complexity index is 648. The third-order valence-electron chi connectivity index (χ3n) is 4.74.